The van der Waals surface area contributed by atoms with E-state index in [1.165, 1.54) is 55.5 Å². The average molecular weight is 668 g/mol. The van der Waals surface area contributed by atoms with Crippen molar-refractivity contribution in [3.05, 3.63) is 94.3 Å². The first-order valence-electron chi connectivity index (χ1n) is 14.5. The third kappa shape index (κ3) is 8.55. The molecule has 2 amide bonds. The molecule has 1 saturated carbocycles. The monoisotopic (exact) mass is 667 g/mol. The van der Waals surface area contributed by atoms with Crippen LogP contribution in [0.15, 0.2) is 71.6 Å². The van der Waals surface area contributed by atoms with Crippen LogP contribution in [0.25, 0.3) is 0 Å². The van der Waals surface area contributed by atoms with Crippen molar-refractivity contribution in [2.24, 2.45) is 0 Å². The van der Waals surface area contributed by atoms with Crippen molar-refractivity contribution in [3.8, 4) is 0 Å². The number of carbonyl (C=O) groups excluding carboxylic acids is 2. The summed E-state index contributed by atoms with van der Waals surface area (Å²) in [5.74, 6) is -1.83. The molecule has 1 aliphatic rings. The molecule has 1 aliphatic carbocycles. The Morgan fingerprint density at radius 1 is 0.978 bits per heavy atom. The minimum atomic E-state index is -4.91. The number of amides is 2. The van der Waals surface area contributed by atoms with Crippen molar-refractivity contribution in [2.75, 3.05) is 10.8 Å². The van der Waals surface area contributed by atoms with E-state index < -0.39 is 62.7 Å². The summed E-state index contributed by atoms with van der Waals surface area (Å²) in [6.07, 6.45) is -0.384. The quantitative estimate of drug-likeness (QED) is 0.239. The van der Waals surface area contributed by atoms with Crippen molar-refractivity contribution in [2.45, 2.75) is 75.7 Å². The molecule has 1 unspecified atom stereocenters. The highest BCUT2D eigenvalue weighted by atomic mass is 35.5. The van der Waals surface area contributed by atoms with E-state index in [0.29, 0.717) is 15.9 Å². The van der Waals surface area contributed by atoms with Crippen molar-refractivity contribution < 1.29 is 35.6 Å². The van der Waals surface area contributed by atoms with Gasteiger partial charge in [-0.3, -0.25) is 13.9 Å². The van der Waals surface area contributed by atoms with E-state index in [1.54, 1.807) is 6.92 Å². The fourth-order valence-electron chi connectivity index (χ4n) is 5.19. The second-order valence-electron chi connectivity index (χ2n) is 11.2. The van der Waals surface area contributed by atoms with Gasteiger partial charge in [0.05, 0.1) is 21.2 Å². The summed E-state index contributed by atoms with van der Waals surface area (Å²) >= 11 is 5.81. The first-order valence-corrected chi connectivity index (χ1v) is 16.3. The second-order valence-corrected chi connectivity index (χ2v) is 13.4. The molecular weight excluding hydrogens is 634 g/mol. The van der Waals surface area contributed by atoms with Gasteiger partial charge in [-0.25, -0.2) is 12.8 Å². The number of sulfonamides is 1. The van der Waals surface area contributed by atoms with E-state index >= 15 is 0 Å². The minimum absolute atomic E-state index is 0.0789. The molecule has 242 valence electrons. The molecule has 0 aliphatic heterocycles. The molecule has 3 aromatic rings. The van der Waals surface area contributed by atoms with Crippen molar-refractivity contribution in [3.63, 3.8) is 0 Å². The molecule has 45 heavy (non-hydrogen) atoms. The number of alkyl halides is 3. The highest BCUT2D eigenvalue weighted by molar-refractivity contribution is 7.92. The summed E-state index contributed by atoms with van der Waals surface area (Å²) in [4.78, 5) is 28.3. The maximum atomic E-state index is 14.0. The van der Waals surface area contributed by atoms with Crippen LogP contribution in [0, 0.1) is 12.7 Å². The molecule has 0 aromatic heterocycles. The number of carbonyl (C=O) groups is 2. The first kappa shape index (κ1) is 34.2. The number of nitrogens with zero attached hydrogens (tertiary/aromatic N) is 2. The Balaban J connectivity index is 1.74. The largest absolute Gasteiger partial charge is 0.417 e. The maximum Gasteiger partial charge on any atom is 0.417 e. The molecular formula is C32H34ClF4N3O4S. The predicted octanol–water partition coefficient (Wildman–Crippen LogP) is 6.87. The van der Waals surface area contributed by atoms with Crippen LogP contribution in [-0.4, -0.2) is 43.8 Å². The van der Waals surface area contributed by atoms with Gasteiger partial charge in [0.15, 0.2) is 0 Å². The molecule has 1 N–H and O–H groups in total. The fourth-order valence-corrected chi connectivity index (χ4v) is 6.82. The van der Waals surface area contributed by atoms with E-state index in [2.05, 4.69) is 5.32 Å². The topological polar surface area (TPSA) is 86.8 Å². The maximum absolute atomic E-state index is 14.0. The number of halogens is 5. The van der Waals surface area contributed by atoms with Gasteiger partial charge in [-0.15, -0.1) is 0 Å². The summed E-state index contributed by atoms with van der Waals surface area (Å²) in [6.45, 7) is 2.10. The first-order chi connectivity index (χ1) is 21.2. The molecule has 0 radical (unpaired) electrons. The summed E-state index contributed by atoms with van der Waals surface area (Å²) in [5.41, 5.74) is -0.519. The summed E-state index contributed by atoms with van der Waals surface area (Å²) < 4.78 is 83.5. The Morgan fingerprint density at radius 3 is 2.20 bits per heavy atom. The lowest BCUT2D eigenvalue weighted by molar-refractivity contribution is -0.139. The molecule has 1 fully saturated rings. The lowest BCUT2D eigenvalue weighted by atomic mass is 9.95. The summed E-state index contributed by atoms with van der Waals surface area (Å²) in [6, 6.07) is 12.3. The molecule has 0 bridgehead atoms. The molecule has 7 nitrogen and oxygen atoms in total. The van der Waals surface area contributed by atoms with Crippen LogP contribution in [0.4, 0.5) is 23.2 Å². The molecule has 0 heterocycles. The number of benzene rings is 3. The number of anilines is 1. The highest BCUT2D eigenvalue weighted by Crippen LogP contribution is 2.38. The number of aryl methyl sites for hydroxylation is 1. The minimum Gasteiger partial charge on any atom is -0.352 e. The van der Waals surface area contributed by atoms with Gasteiger partial charge >= 0.3 is 6.18 Å². The lowest BCUT2D eigenvalue weighted by Gasteiger charge is -2.33. The molecule has 4 rings (SSSR count). The van der Waals surface area contributed by atoms with Crippen molar-refractivity contribution in [1.29, 1.82) is 0 Å². The van der Waals surface area contributed by atoms with E-state index in [4.69, 9.17) is 11.6 Å². The van der Waals surface area contributed by atoms with Crippen LogP contribution in [-0.2, 0) is 32.3 Å². The van der Waals surface area contributed by atoms with E-state index in [0.717, 1.165) is 54.7 Å². The zero-order valence-electron chi connectivity index (χ0n) is 24.8. The van der Waals surface area contributed by atoms with Gasteiger partial charge in [0.25, 0.3) is 10.0 Å². The van der Waals surface area contributed by atoms with E-state index in [9.17, 15) is 35.6 Å². The number of hydrogen-bond donors (Lipinski definition) is 1. The van der Waals surface area contributed by atoms with Crippen LogP contribution in [0.5, 0.6) is 0 Å². The molecule has 0 saturated heterocycles. The van der Waals surface area contributed by atoms with Crippen LogP contribution < -0.4 is 9.62 Å². The third-order valence-electron chi connectivity index (χ3n) is 7.82. The third-order valence-corrected chi connectivity index (χ3v) is 9.93. The number of rotatable bonds is 10. The standard InChI is InChI=1S/C32H34ClF4N3O4S/c1-21-8-15-27(16-9-21)45(43,44)40(26-14-17-29(33)28(18-26)32(35,36)37)20-30(41)39(19-23-10-12-24(34)13-11-23)22(2)31(42)38-25-6-4-3-5-7-25/h8-18,22,25H,3-7,19-20H2,1-2H3,(H,38,42). The van der Waals surface area contributed by atoms with E-state index in [-0.39, 0.29) is 17.5 Å². The number of nitrogens with one attached hydrogen (secondary N) is 1. The average Bonchev–Trinajstić information content (AvgIpc) is 2.99. The zero-order valence-corrected chi connectivity index (χ0v) is 26.4. The van der Waals surface area contributed by atoms with Crippen LogP contribution >= 0.6 is 11.6 Å². The Hall–Kier alpha value is -3.64. The molecule has 3 aromatic carbocycles. The predicted molar refractivity (Wildman–Crippen MR) is 164 cm³/mol. The second kappa shape index (κ2) is 14.2. The summed E-state index contributed by atoms with van der Waals surface area (Å²) in [7, 11) is -4.60. The highest BCUT2D eigenvalue weighted by Gasteiger charge is 2.37. The Morgan fingerprint density at radius 2 is 1.60 bits per heavy atom. The Kier molecular flexibility index (Phi) is 10.8. The Bertz CT molecular complexity index is 1610. The zero-order chi connectivity index (χ0) is 32.9. The van der Waals surface area contributed by atoms with Gasteiger partial charge in [0.2, 0.25) is 11.8 Å². The Labute approximate surface area is 265 Å². The van der Waals surface area contributed by atoms with Gasteiger partial charge in [0, 0.05) is 12.6 Å². The van der Waals surface area contributed by atoms with Crippen LogP contribution in [0.1, 0.15) is 55.7 Å². The molecule has 0 spiro atoms. The van der Waals surface area contributed by atoms with E-state index in [1.807, 2.05) is 0 Å². The van der Waals surface area contributed by atoms with Gasteiger partial charge in [-0.2, -0.15) is 13.2 Å². The van der Waals surface area contributed by atoms with Gasteiger partial charge in [-0.1, -0.05) is 60.7 Å². The normalized spacial score (nSPS) is 14.9. The van der Waals surface area contributed by atoms with Crippen molar-refractivity contribution >= 4 is 39.1 Å². The molecule has 1 atom stereocenters. The van der Waals surface area contributed by atoms with Gasteiger partial charge in [0.1, 0.15) is 18.4 Å². The molecule has 13 heteroatoms. The van der Waals surface area contributed by atoms with Crippen molar-refractivity contribution in [1.82, 2.24) is 10.2 Å². The van der Waals surface area contributed by atoms with Gasteiger partial charge < -0.3 is 10.2 Å². The van der Waals surface area contributed by atoms with Crippen LogP contribution in [0.2, 0.25) is 5.02 Å². The SMILES string of the molecule is Cc1ccc(S(=O)(=O)N(CC(=O)N(Cc2ccc(F)cc2)C(C)C(=O)NC2CCCCC2)c2ccc(Cl)c(C(F)(F)F)c2)cc1. The lowest BCUT2D eigenvalue weighted by Crippen LogP contribution is -2.53. The van der Waals surface area contributed by atoms with Gasteiger partial charge in [-0.05, 0) is 74.7 Å². The summed E-state index contributed by atoms with van der Waals surface area (Å²) in [5, 5.41) is 2.32. The van der Waals surface area contributed by atoms with Crippen LogP contribution in [0.3, 0.4) is 0 Å². The smallest absolute Gasteiger partial charge is 0.352 e. The number of hydrogen-bond acceptors (Lipinski definition) is 4. The fraction of sp³-hybridized carbons (Fsp3) is 0.375.